The maximum Gasteiger partial charge on any atom is 0.319 e. The number of para-hydroxylation sites is 1. The number of aromatic nitrogens is 1. The number of rotatable bonds is 4. The van der Waals surface area contributed by atoms with Crippen LogP contribution in [0.1, 0.15) is 23.6 Å². The van der Waals surface area contributed by atoms with Crippen LogP contribution in [0.15, 0.2) is 42.7 Å². The van der Waals surface area contributed by atoms with Gasteiger partial charge in [0.2, 0.25) is 0 Å². The first-order valence-electron chi connectivity index (χ1n) is 6.73. The molecule has 1 aromatic heterocycles. The molecule has 1 heterocycles. The topological polar surface area (TPSA) is 54.0 Å². The number of carbonyl (C=O) groups excluding carboxylic acids is 1. The highest BCUT2D eigenvalue weighted by atomic mass is 16.2. The van der Waals surface area contributed by atoms with Crippen LogP contribution in [0.2, 0.25) is 0 Å². The van der Waals surface area contributed by atoms with E-state index in [1.54, 1.807) is 12.4 Å². The van der Waals surface area contributed by atoms with Gasteiger partial charge < -0.3 is 10.6 Å². The third-order valence-corrected chi connectivity index (χ3v) is 3.15. The van der Waals surface area contributed by atoms with E-state index < -0.39 is 0 Å². The Hall–Kier alpha value is -2.36. The van der Waals surface area contributed by atoms with Crippen LogP contribution in [0.3, 0.4) is 0 Å². The number of amides is 2. The predicted molar refractivity (Wildman–Crippen MR) is 80.7 cm³/mol. The van der Waals surface area contributed by atoms with Gasteiger partial charge in [-0.25, -0.2) is 4.79 Å². The first-order chi connectivity index (χ1) is 9.70. The third-order valence-electron chi connectivity index (χ3n) is 3.15. The lowest BCUT2D eigenvalue weighted by Gasteiger charge is -2.13. The van der Waals surface area contributed by atoms with Crippen LogP contribution in [0.25, 0.3) is 0 Å². The Morgan fingerprint density at radius 1 is 1.25 bits per heavy atom. The maximum absolute atomic E-state index is 12.0. The van der Waals surface area contributed by atoms with Crippen molar-refractivity contribution in [1.82, 2.24) is 10.3 Å². The zero-order valence-corrected chi connectivity index (χ0v) is 11.8. The molecule has 0 saturated heterocycles. The van der Waals surface area contributed by atoms with Gasteiger partial charge >= 0.3 is 6.03 Å². The molecular formula is C16H19N3O. The van der Waals surface area contributed by atoms with Crippen LogP contribution in [0.4, 0.5) is 10.5 Å². The van der Waals surface area contributed by atoms with Crippen LogP contribution >= 0.6 is 0 Å². The molecule has 0 radical (unpaired) electrons. The van der Waals surface area contributed by atoms with Gasteiger partial charge in [-0.15, -0.1) is 0 Å². The molecule has 0 aliphatic rings. The van der Waals surface area contributed by atoms with E-state index >= 15 is 0 Å². The number of hydrogen-bond acceptors (Lipinski definition) is 2. The Labute approximate surface area is 119 Å². The monoisotopic (exact) mass is 269 g/mol. The van der Waals surface area contributed by atoms with Crippen molar-refractivity contribution < 1.29 is 4.79 Å². The lowest BCUT2D eigenvalue weighted by atomic mass is 10.1. The molecule has 104 valence electrons. The highest BCUT2D eigenvalue weighted by Crippen LogP contribution is 2.20. The molecule has 1 aromatic carbocycles. The second-order valence-corrected chi connectivity index (χ2v) is 4.63. The Balaban J connectivity index is 1.98. The van der Waals surface area contributed by atoms with Crippen LogP contribution < -0.4 is 10.6 Å². The van der Waals surface area contributed by atoms with Crippen molar-refractivity contribution in [1.29, 1.82) is 0 Å². The fraction of sp³-hybridized carbons (Fsp3) is 0.250. The van der Waals surface area contributed by atoms with Crippen molar-refractivity contribution in [2.45, 2.75) is 26.8 Å². The molecule has 0 atom stereocenters. The number of benzene rings is 1. The molecular weight excluding hydrogens is 250 g/mol. The van der Waals surface area contributed by atoms with E-state index in [-0.39, 0.29) is 6.03 Å². The SMILES string of the molecule is CCc1cccc(C)c1NC(=O)NCc1cccnc1. The summed E-state index contributed by atoms with van der Waals surface area (Å²) in [4.78, 5) is 16.0. The number of aryl methyl sites for hydroxylation is 2. The maximum atomic E-state index is 12.0. The molecule has 0 fully saturated rings. The smallest absolute Gasteiger partial charge is 0.319 e. The van der Waals surface area contributed by atoms with Gasteiger partial charge in [0.05, 0.1) is 0 Å². The summed E-state index contributed by atoms with van der Waals surface area (Å²) >= 11 is 0. The molecule has 2 amide bonds. The number of pyridine rings is 1. The minimum Gasteiger partial charge on any atom is -0.334 e. The summed E-state index contributed by atoms with van der Waals surface area (Å²) in [6, 6.07) is 9.62. The normalized spacial score (nSPS) is 10.1. The molecule has 2 N–H and O–H groups in total. The van der Waals surface area contributed by atoms with Gasteiger partial charge in [-0.05, 0) is 36.1 Å². The average Bonchev–Trinajstić information content (AvgIpc) is 2.48. The van der Waals surface area contributed by atoms with Crippen LogP contribution in [-0.2, 0) is 13.0 Å². The van der Waals surface area contributed by atoms with E-state index in [1.807, 2.05) is 37.3 Å². The summed E-state index contributed by atoms with van der Waals surface area (Å²) in [6.45, 7) is 4.54. The molecule has 2 rings (SSSR count). The molecule has 20 heavy (non-hydrogen) atoms. The minimum atomic E-state index is -0.196. The Bertz CT molecular complexity index is 582. The number of nitrogens with one attached hydrogen (secondary N) is 2. The molecule has 0 saturated carbocycles. The molecule has 0 aliphatic carbocycles. The summed E-state index contributed by atoms with van der Waals surface area (Å²) in [5, 5.41) is 5.77. The van der Waals surface area contributed by atoms with Crippen molar-refractivity contribution in [3.63, 3.8) is 0 Å². The van der Waals surface area contributed by atoms with Gasteiger partial charge in [0.1, 0.15) is 0 Å². The van der Waals surface area contributed by atoms with Gasteiger partial charge in [0, 0.05) is 24.6 Å². The summed E-state index contributed by atoms with van der Waals surface area (Å²) in [6.07, 6.45) is 4.34. The number of carbonyl (C=O) groups is 1. The lowest BCUT2D eigenvalue weighted by Crippen LogP contribution is -2.29. The van der Waals surface area contributed by atoms with E-state index in [4.69, 9.17) is 0 Å². The van der Waals surface area contributed by atoms with Crippen LogP contribution in [0.5, 0.6) is 0 Å². The van der Waals surface area contributed by atoms with Crippen molar-refractivity contribution in [3.05, 3.63) is 59.4 Å². The van der Waals surface area contributed by atoms with E-state index in [9.17, 15) is 4.79 Å². The Kier molecular flexibility index (Phi) is 4.71. The molecule has 0 bridgehead atoms. The molecule has 4 nitrogen and oxygen atoms in total. The second-order valence-electron chi connectivity index (χ2n) is 4.63. The summed E-state index contributed by atoms with van der Waals surface area (Å²) < 4.78 is 0. The molecule has 0 unspecified atom stereocenters. The zero-order valence-electron chi connectivity index (χ0n) is 11.8. The highest BCUT2D eigenvalue weighted by molar-refractivity contribution is 5.91. The lowest BCUT2D eigenvalue weighted by molar-refractivity contribution is 0.251. The fourth-order valence-electron chi connectivity index (χ4n) is 2.04. The van der Waals surface area contributed by atoms with E-state index in [0.29, 0.717) is 6.54 Å². The van der Waals surface area contributed by atoms with Gasteiger partial charge in [-0.3, -0.25) is 4.98 Å². The molecule has 0 spiro atoms. The standard InChI is InChI=1S/C16H19N3O/c1-3-14-8-4-6-12(2)15(14)19-16(20)18-11-13-7-5-9-17-10-13/h4-10H,3,11H2,1-2H3,(H2,18,19,20). The molecule has 2 aromatic rings. The van der Waals surface area contributed by atoms with E-state index in [0.717, 1.165) is 28.8 Å². The van der Waals surface area contributed by atoms with Crippen molar-refractivity contribution >= 4 is 11.7 Å². The summed E-state index contributed by atoms with van der Waals surface area (Å²) in [5.74, 6) is 0. The number of urea groups is 1. The van der Waals surface area contributed by atoms with Crippen LogP contribution in [-0.4, -0.2) is 11.0 Å². The second kappa shape index (κ2) is 6.70. The molecule has 0 aliphatic heterocycles. The van der Waals surface area contributed by atoms with Crippen molar-refractivity contribution in [3.8, 4) is 0 Å². The van der Waals surface area contributed by atoms with Crippen molar-refractivity contribution in [2.75, 3.05) is 5.32 Å². The number of hydrogen-bond donors (Lipinski definition) is 2. The fourth-order valence-corrected chi connectivity index (χ4v) is 2.04. The van der Waals surface area contributed by atoms with E-state index in [2.05, 4.69) is 22.5 Å². The van der Waals surface area contributed by atoms with Gasteiger partial charge in [-0.1, -0.05) is 31.2 Å². The van der Waals surface area contributed by atoms with Gasteiger partial charge in [-0.2, -0.15) is 0 Å². The van der Waals surface area contributed by atoms with Gasteiger partial charge in [0.25, 0.3) is 0 Å². The van der Waals surface area contributed by atoms with Crippen LogP contribution in [0, 0.1) is 6.92 Å². The zero-order chi connectivity index (χ0) is 14.4. The highest BCUT2D eigenvalue weighted by Gasteiger charge is 2.08. The van der Waals surface area contributed by atoms with Gasteiger partial charge in [0.15, 0.2) is 0 Å². The van der Waals surface area contributed by atoms with E-state index in [1.165, 1.54) is 0 Å². The average molecular weight is 269 g/mol. The first kappa shape index (κ1) is 14.1. The predicted octanol–water partition coefficient (Wildman–Crippen LogP) is 3.27. The largest absolute Gasteiger partial charge is 0.334 e. The van der Waals surface area contributed by atoms with Crippen molar-refractivity contribution in [2.24, 2.45) is 0 Å². The Morgan fingerprint density at radius 3 is 2.80 bits per heavy atom. The Morgan fingerprint density at radius 2 is 2.10 bits per heavy atom. The third kappa shape index (κ3) is 3.57. The molecule has 4 heteroatoms. The first-order valence-corrected chi connectivity index (χ1v) is 6.73. The quantitative estimate of drug-likeness (QED) is 0.895. The number of anilines is 1. The number of nitrogens with zero attached hydrogens (tertiary/aromatic N) is 1. The summed E-state index contributed by atoms with van der Waals surface area (Å²) in [7, 11) is 0. The minimum absolute atomic E-state index is 0.196. The summed E-state index contributed by atoms with van der Waals surface area (Å²) in [5.41, 5.74) is 4.09.